The summed E-state index contributed by atoms with van der Waals surface area (Å²) < 4.78 is 11.8. The number of nitrogens with zero attached hydrogens (tertiary/aromatic N) is 1. The molecule has 0 spiro atoms. The molecule has 23 heavy (non-hydrogen) atoms. The van der Waals surface area contributed by atoms with Gasteiger partial charge < -0.3 is 19.7 Å². The Hall–Kier alpha value is -0.980. The molecule has 5 heteroatoms. The molecule has 0 aromatic heterocycles. The second kappa shape index (κ2) is 5.53. The van der Waals surface area contributed by atoms with E-state index in [1.54, 1.807) is 0 Å². The Kier molecular flexibility index (Phi) is 3.74. The third-order valence-corrected chi connectivity index (χ3v) is 5.56. The van der Waals surface area contributed by atoms with Crippen molar-refractivity contribution in [2.24, 2.45) is 5.92 Å². The lowest BCUT2D eigenvalue weighted by atomic mass is 9.90. The SMILES string of the molecule is CC1(C)OC[C@H]([C@H]2[C@H]3C[C@H]([C@H](O)[C@@H]3O)N2Cc2ccccc2)O1. The fourth-order valence-electron chi connectivity index (χ4n) is 4.57. The number of hydrogen-bond donors (Lipinski definition) is 2. The van der Waals surface area contributed by atoms with Gasteiger partial charge in [0.1, 0.15) is 6.10 Å². The first-order valence-corrected chi connectivity index (χ1v) is 8.44. The molecule has 3 aliphatic rings. The van der Waals surface area contributed by atoms with Crippen LogP contribution in [0.5, 0.6) is 0 Å². The van der Waals surface area contributed by atoms with E-state index in [2.05, 4.69) is 17.0 Å². The van der Waals surface area contributed by atoms with E-state index in [0.29, 0.717) is 6.61 Å². The summed E-state index contributed by atoms with van der Waals surface area (Å²) in [5, 5.41) is 20.7. The van der Waals surface area contributed by atoms with Crippen molar-refractivity contribution in [2.75, 3.05) is 6.61 Å². The highest BCUT2D eigenvalue weighted by Gasteiger charge is 2.59. The fourth-order valence-corrected chi connectivity index (χ4v) is 4.57. The highest BCUT2D eigenvalue weighted by atomic mass is 16.7. The quantitative estimate of drug-likeness (QED) is 0.875. The molecule has 1 aromatic rings. The van der Waals surface area contributed by atoms with Gasteiger partial charge in [0.05, 0.1) is 18.8 Å². The topological polar surface area (TPSA) is 62.2 Å². The molecule has 6 atom stereocenters. The molecular weight excluding hydrogens is 294 g/mol. The van der Waals surface area contributed by atoms with Crippen molar-refractivity contribution in [3.05, 3.63) is 35.9 Å². The summed E-state index contributed by atoms with van der Waals surface area (Å²) in [4.78, 5) is 2.31. The molecule has 0 amide bonds. The van der Waals surface area contributed by atoms with Crippen molar-refractivity contribution in [2.45, 2.75) is 63.0 Å². The molecule has 1 aliphatic carbocycles. The first-order valence-electron chi connectivity index (χ1n) is 8.44. The average molecular weight is 319 g/mol. The van der Waals surface area contributed by atoms with Crippen LogP contribution in [0.25, 0.3) is 0 Å². The Labute approximate surface area is 136 Å². The summed E-state index contributed by atoms with van der Waals surface area (Å²) in [7, 11) is 0. The first-order chi connectivity index (χ1) is 11.0. The third kappa shape index (κ3) is 2.61. The summed E-state index contributed by atoms with van der Waals surface area (Å²) in [6.07, 6.45) is -0.578. The van der Waals surface area contributed by atoms with Crippen LogP contribution in [-0.4, -0.2) is 57.9 Å². The smallest absolute Gasteiger partial charge is 0.163 e. The Morgan fingerprint density at radius 3 is 2.57 bits per heavy atom. The zero-order chi connectivity index (χ0) is 16.2. The lowest BCUT2D eigenvalue weighted by molar-refractivity contribution is -0.159. The van der Waals surface area contributed by atoms with Gasteiger partial charge in [0.25, 0.3) is 0 Å². The molecule has 1 saturated carbocycles. The molecule has 1 aromatic carbocycles. The van der Waals surface area contributed by atoms with E-state index in [9.17, 15) is 10.2 Å². The van der Waals surface area contributed by atoms with E-state index >= 15 is 0 Å². The van der Waals surface area contributed by atoms with Crippen molar-refractivity contribution in [1.29, 1.82) is 0 Å². The van der Waals surface area contributed by atoms with Gasteiger partial charge in [0, 0.05) is 24.5 Å². The van der Waals surface area contributed by atoms with Gasteiger partial charge in [0.2, 0.25) is 0 Å². The number of piperidine rings is 1. The minimum absolute atomic E-state index is 0.00693. The van der Waals surface area contributed by atoms with Crippen LogP contribution >= 0.6 is 0 Å². The number of benzene rings is 1. The van der Waals surface area contributed by atoms with Gasteiger partial charge in [0.15, 0.2) is 5.79 Å². The van der Waals surface area contributed by atoms with E-state index in [-0.39, 0.29) is 24.1 Å². The molecule has 2 heterocycles. The minimum Gasteiger partial charge on any atom is -0.390 e. The summed E-state index contributed by atoms with van der Waals surface area (Å²) >= 11 is 0. The number of ether oxygens (including phenoxy) is 2. The Bertz CT molecular complexity index is 563. The van der Waals surface area contributed by atoms with Gasteiger partial charge in [-0.25, -0.2) is 0 Å². The van der Waals surface area contributed by atoms with Crippen molar-refractivity contribution in [3.63, 3.8) is 0 Å². The number of aliphatic hydroxyl groups is 2. The van der Waals surface area contributed by atoms with Crippen molar-refractivity contribution in [3.8, 4) is 0 Å². The van der Waals surface area contributed by atoms with Crippen LogP contribution in [0.15, 0.2) is 30.3 Å². The molecule has 3 fully saturated rings. The summed E-state index contributed by atoms with van der Waals surface area (Å²) in [6, 6.07) is 10.3. The number of likely N-dealkylation sites (tertiary alicyclic amines) is 1. The Morgan fingerprint density at radius 2 is 1.91 bits per heavy atom. The normalized spacial score (nSPS) is 42.4. The Morgan fingerprint density at radius 1 is 1.17 bits per heavy atom. The summed E-state index contributed by atoms with van der Waals surface area (Å²) in [6.45, 7) is 5.14. The standard InChI is InChI=1S/C18H25NO4/c1-18(2)22-10-14(23-18)15-12-8-13(17(21)16(12)20)19(15)9-11-6-4-3-5-7-11/h3-7,12-17,20-21H,8-10H2,1-2H3/t12-,13-,14-,15-,16-,17+/m1/s1. The van der Waals surface area contributed by atoms with Crippen LogP contribution in [0.3, 0.4) is 0 Å². The predicted octanol–water partition coefficient (Wildman–Crippen LogP) is 1.13. The molecule has 2 N–H and O–H groups in total. The van der Waals surface area contributed by atoms with E-state index in [1.807, 2.05) is 32.0 Å². The van der Waals surface area contributed by atoms with Gasteiger partial charge >= 0.3 is 0 Å². The number of rotatable bonds is 3. The van der Waals surface area contributed by atoms with E-state index in [4.69, 9.17) is 9.47 Å². The van der Waals surface area contributed by atoms with Gasteiger partial charge in [-0.3, -0.25) is 4.90 Å². The zero-order valence-corrected chi connectivity index (χ0v) is 13.6. The van der Waals surface area contributed by atoms with E-state index in [0.717, 1.165) is 13.0 Å². The maximum atomic E-state index is 10.4. The highest BCUT2D eigenvalue weighted by molar-refractivity contribution is 5.18. The Balaban J connectivity index is 1.59. The summed E-state index contributed by atoms with van der Waals surface area (Å²) in [5.74, 6) is -0.532. The number of fused-ring (bicyclic) bond motifs is 2. The molecule has 5 nitrogen and oxygen atoms in total. The van der Waals surface area contributed by atoms with Gasteiger partial charge in [-0.1, -0.05) is 30.3 Å². The van der Waals surface area contributed by atoms with E-state index in [1.165, 1.54) is 5.56 Å². The molecule has 0 unspecified atom stereocenters. The van der Waals surface area contributed by atoms with Gasteiger partial charge in [-0.15, -0.1) is 0 Å². The van der Waals surface area contributed by atoms with Crippen LogP contribution in [0.2, 0.25) is 0 Å². The number of aliphatic hydroxyl groups excluding tert-OH is 2. The van der Waals surface area contributed by atoms with Crippen LogP contribution < -0.4 is 0 Å². The van der Waals surface area contributed by atoms with E-state index < -0.39 is 18.0 Å². The molecular formula is C18H25NO4. The van der Waals surface area contributed by atoms with Gasteiger partial charge in [-0.2, -0.15) is 0 Å². The highest BCUT2D eigenvalue weighted by Crippen LogP contribution is 2.46. The second-order valence-corrected chi connectivity index (χ2v) is 7.46. The fraction of sp³-hybridized carbons (Fsp3) is 0.667. The summed E-state index contributed by atoms with van der Waals surface area (Å²) in [5.41, 5.74) is 1.21. The van der Waals surface area contributed by atoms with Crippen molar-refractivity contribution >= 4 is 0 Å². The molecule has 2 bridgehead atoms. The first kappa shape index (κ1) is 15.5. The minimum atomic E-state index is -0.671. The van der Waals surface area contributed by atoms with Crippen LogP contribution in [0.1, 0.15) is 25.8 Å². The molecule has 4 rings (SSSR count). The second-order valence-electron chi connectivity index (χ2n) is 7.46. The van der Waals surface area contributed by atoms with Crippen molar-refractivity contribution < 1.29 is 19.7 Å². The van der Waals surface area contributed by atoms with Gasteiger partial charge in [-0.05, 0) is 25.8 Å². The lowest BCUT2D eigenvalue weighted by Gasteiger charge is -2.42. The number of hydrogen-bond acceptors (Lipinski definition) is 5. The van der Waals surface area contributed by atoms with Crippen LogP contribution in [-0.2, 0) is 16.0 Å². The van der Waals surface area contributed by atoms with Crippen LogP contribution in [0.4, 0.5) is 0 Å². The largest absolute Gasteiger partial charge is 0.390 e. The maximum Gasteiger partial charge on any atom is 0.163 e. The molecule has 2 aliphatic heterocycles. The molecule has 126 valence electrons. The molecule has 2 saturated heterocycles. The monoisotopic (exact) mass is 319 g/mol. The van der Waals surface area contributed by atoms with Crippen molar-refractivity contribution in [1.82, 2.24) is 4.90 Å². The lowest BCUT2D eigenvalue weighted by Crippen LogP contribution is -2.57. The average Bonchev–Trinajstić information content (AvgIpc) is 3.14. The maximum absolute atomic E-state index is 10.4. The zero-order valence-electron chi connectivity index (χ0n) is 13.6. The third-order valence-electron chi connectivity index (χ3n) is 5.56. The molecule has 0 radical (unpaired) electrons. The predicted molar refractivity (Wildman–Crippen MR) is 84.6 cm³/mol. The van der Waals surface area contributed by atoms with Crippen LogP contribution in [0, 0.1) is 5.92 Å².